The largest absolute Gasteiger partial charge is 0.493 e. The number of rotatable bonds is 7. The highest BCUT2D eigenvalue weighted by atomic mass is 16.5. The van der Waals surface area contributed by atoms with Crippen LogP contribution in [0.2, 0.25) is 0 Å². The first-order valence-electron chi connectivity index (χ1n) is 6.48. The van der Waals surface area contributed by atoms with E-state index in [2.05, 4.69) is 5.32 Å². The number of nitrogens with one attached hydrogen (secondary N) is 1. The molecule has 0 saturated carbocycles. The van der Waals surface area contributed by atoms with E-state index in [0.717, 1.165) is 31.2 Å². The Balaban J connectivity index is 1.62. The van der Waals surface area contributed by atoms with Gasteiger partial charge in [0, 0.05) is 19.7 Å². The maximum Gasteiger partial charge on any atom is 0.161 e. The lowest BCUT2D eigenvalue weighted by Gasteiger charge is -2.12. The van der Waals surface area contributed by atoms with Crippen molar-refractivity contribution < 1.29 is 14.2 Å². The molecule has 0 aromatic heterocycles. The zero-order valence-corrected chi connectivity index (χ0v) is 10.9. The number of ether oxygens (including phenoxy) is 3. The van der Waals surface area contributed by atoms with Crippen molar-refractivity contribution in [2.45, 2.75) is 18.9 Å². The predicted molar refractivity (Wildman–Crippen MR) is 70.3 cm³/mol. The van der Waals surface area contributed by atoms with Crippen LogP contribution >= 0.6 is 0 Å². The van der Waals surface area contributed by atoms with Crippen LogP contribution in [0.15, 0.2) is 24.3 Å². The van der Waals surface area contributed by atoms with E-state index in [9.17, 15) is 0 Å². The average molecular weight is 251 g/mol. The molecule has 2 rings (SSSR count). The molecule has 0 aliphatic carbocycles. The van der Waals surface area contributed by atoms with Gasteiger partial charge in [-0.05, 0) is 25.0 Å². The Hall–Kier alpha value is -1.26. The first-order chi connectivity index (χ1) is 8.90. The standard InChI is InChI=1S/C14H21NO3/c1-16-13-6-2-3-7-14(13)18-10-8-15-11-12-5-4-9-17-12/h2-3,6-7,12,15H,4-5,8-11H2,1H3. The van der Waals surface area contributed by atoms with Crippen molar-refractivity contribution in [1.29, 1.82) is 0 Å². The van der Waals surface area contributed by atoms with Gasteiger partial charge >= 0.3 is 0 Å². The summed E-state index contributed by atoms with van der Waals surface area (Å²) < 4.78 is 16.4. The third-order valence-corrected chi connectivity index (χ3v) is 3.00. The van der Waals surface area contributed by atoms with Gasteiger partial charge in [0.15, 0.2) is 11.5 Å². The lowest BCUT2D eigenvalue weighted by atomic mass is 10.2. The fraction of sp³-hybridized carbons (Fsp3) is 0.571. The Morgan fingerprint density at radius 3 is 2.89 bits per heavy atom. The molecule has 1 fully saturated rings. The highest BCUT2D eigenvalue weighted by molar-refractivity contribution is 5.39. The first kappa shape index (κ1) is 13.2. The smallest absolute Gasteiger partial charge is 0.161 e. The van der Waals surface area contributed by atoms with Crippen molar-refractivity contribution in [3.8, 4) is 11.5 Å². The Kier molecular flexibility index (Phi) is 5.30. The molecule has 1 saturated heterocycles. The summed E-state index contributed by atoms with van der Waals surface area (Å²) in [5.74, 6) is 1.57. The van der Waals surface area contributed by atoms with E-state index in [-0.39, 0.29) is 0 Å². The molecule has 1 atom stereocenters. The van der Waals surface area contributed by atoms with Gasteiger partial charge in [-0.2, -0.15) is 0 Å². The molecular formula is C14H21NO3. The molecule has 1 aliphatic rings. The Morgan fingerprint density at radius 1 is 1.33 bits per heavy atom. The molecular weight excluding hydrogens is 230 g/mol. The van der Waals surface area contributed by atoms with Gasteiger partial charge in [0.1, 0.15) is 6.61 Å². The summed E-state index contributed by atoms with van der Waals surface area (Å²) in [6, 6.07) is 7.69. The minimum atomic E-state index is 0.385. The molecule has 1 unspecified atom stereocenters. The lowest BCUT2D eigenvalue weighted by molar-refractivity contribution is 0.109. The van der Waals surface area contributed by atoms with Crippen molar-refractivity contribution in [2.75, 3.05) is 33.4 Å². The van der Waals surface area contributed by atoms with Crippen LogP contribution < -0.4 is 14.8 Å². The van der Waals surface area contributed by atoms with Gasteiger partial charge in [0.25, 0.3) is 0 Å². The van der Waals surface area contributed by atoms with Crippen LogP contribution in [0.1, 0.15) is 12.8 Å². The molecule has 100 valence electrons. The second-order valence-electron chi connectivity index (χ2n) is 4.34. The molecule has 4 nitrogen and oxygen atoms in total. The summed E-state index contributed by atoms with van der Waals surface area (Å²) in [5, 5.41) is 3.34. The minimum absolute atomic E-state index is 0.385. The van der Waals surface area contributed by atoms with Crippen LogP contribution in [-0.2, 0) is 4.74 Å². The van der Waals surface area contributed by atoms with E-state index in [0.29, 0.717) is 12.7 Å². The number of hydrogen-bond acceptors (Lipinski definition) is 4. The average Bonchev–Trinajstić information content (AvgIpc) is 2.92. The third-order valence-electron chi connectivity index (χ3n) is 3.00. The second-order valence-corrected chi connectivity index (χ2v) is 4.34. The Morgan fingerprint density at radius 2 is 2.17 bits per heavy atom. The van der Waals surface area contributed by atoms with Crippen LogP contribution in [0.3, 0.4) is 0 Å². The van der Waals surface area contributed by atoms with Gasteiger partial charge in [-0.3, -0.25) is 0 Å². The van der Waals surface area contributed by atoms with Crippen LogP contribution in [-0.4, -0.2) is 39.5 Å². The molecule has 1 N–H and O–H groups in total. The zero-order valence-electron chi connectivity index (χ0n) is 10.9. The topological polar surface area (TPSA) is 39.7 Å². The van der Waals surface area contributed by atoms with E-state index in [1.807, 2.05) is 24.3 Å². The van der Waals surface area contributed by atoms with E-state index in [1.54, 1.807) is 7.11 Å². The van der Waals surface area contributed by atoms with Crippen LogP contribution in [0.5, 0.6) is 11.5 Å². The SMILES string of the molecule is COc1ccccc1OCCNCC1CCCO1. The van der Waals surface area contributed by atoms with Gasteiger partial charge in [-0.25, -0.2) is 0 Å². The van der Waals surface area contributed by atoms with Crippen molar-refractivity contribution in [3.63, 3.8) is 0 Å². The van der Waals surface area contributed by atoms with Crippen molar-refractivity contribution in [2.24, 2.45) is 0 Å². The maximum atomic E-state index is 5.66. The molecule has 1 aromatic rings. The van der Waals surface area contributed by atoms with Gasteiger partial charge in [-0.15, -0.1) is 0 Å². The van der Waals surface area contributed by atoms with Gasteiger partial charge < -0.3 is 19.5 Å². The van der Waals surface area contributed by atoms with Crippen molar-refractivity contribution >= 4 is 0 Å². The molecule has 1 aliphatic heterocycles. The van der Waals surface area contributed by atoms with E-state index in [1.165, 1.54) is 12.8 Å². The third kappa shape index (κ3) is 3.89. The highest BCUT2D eigenvalue weighted by Gasteiger charge is 2.14. The normalized spacial score (nSPS) is 18.8. The second kappa shape index (κ2) is 7.24. The molecule has 0 bridgehead atoms. The van der Waals surface area contributed by atoms with Crippen molar-refractivity contribution in [3.05, 3.63) is 24.3 Å². The number of hydrogen-bond donors (Lipinski definition) is 1. The molecule has 1 heterocycles. The minimum Gasteiger partial charge on any atom is -0.493 e. The summed E-state index contributed by atoms with van der Waals surface area (Å²) >= 11 is 0. The van der Waals surface area contributed by atoms with Gasteiger partial charge in [0.05, 0.1) is 13.2 Å². The van der Waals surface area contributed by atoms with Gasteiger partial charge in [-0.1, -0.05) is 12.1 Å². The van der Waals surface area contributed by atoms with Crippen LogP contribution in [0.4, 0.5) is 0 Å². The predicted octanol–water partition coefficient (Wildman–Crippen LogP) is 1.84. The fourth-order valence-electron chi connectivity index (χ4n) is 2.04. The molecule has 4 heteroatoms. The quantitative estimate of drug-likeness (QED) is 0.751. The molecule has 0 amide bonds. The molecule has 18 heavy (non-hydrogen) atoms. The van der Waals surface area contributed by atoms with E-state index < -0.39 is 0 Å². The first-order valence-corrected chi connectivity index (χ1v) is 6.48. The molecule has 1 aromatic carbocycles. The summed E-state index contributed by atoms with van der Waals surface area (Å²) in [6.45, 7) is 3.27. The molecule has 0 radical (unpaired) electrons. The highest BCUT2D eigenvalue weighted by Crippen LogP contribution is 2.25. The summed E-state index contributed by atoms with van der Waals surface area (Å²) in [4.78, 5) is 0. The number of methoxy groups -OCH3 is 1. The number of para-hydroxylation sites is 2. The monoisotopic (exact) mass is 251 g/mol. The fourth-order valence-corrected chi connectivity index (χ4v) is 2.04. The van der Waals surface area contributed by atoms with Crippen molar-refractivity contribution in [1.82, 2.24) is 5.32 Å². The van der Waals surface area contributed by atoms with Crippen LogP contribution in [0.25, 0.3) is 0 Å². The molecule has 0 spiro atoms. The Bertz CT molecular complexity index is 351. The maximum absolute atomic E-state index is 5.66. The summed E-state index contributed by atoms with van der Waals surface area (Å²) in [7, 11) is 1.65. The van der Waals surface area contributed by atoms with E-state index >= 15 is 0 Å². The zero-order chi connectivity index (χ0) is 12.6. The summed E-state index contributed by atoms with van der Waals surface area (Å²) in [6.07, 6.45) is 2.74. The lowest BCUT2D eigenvalue weighted by Crippen LogP contribution is -2.29. The van der Waals surface area contributed by atoms with Crippen LogP contribution in [0, 0.1) is 0 Å². The Labute approximate surface area is 108 Å². The van der Waals surface area contributed by atoms with E-state index in [4.69, 9.17) is 14.2 Å². The summed E-state index contributed by atoms with van der Waals surface area (Å²) in [5.41, 5.74) is 0. The number of benzene rings is 1. The van der Waals surface area contributed by atoms with Gasteiger partial charge in [0.2, 0.25) is 0 Å².